The van der Waals surface area contributed by atoms with E-state index in [9.17, 15) is 14.7 Å². The fourth-order valence-corrected chi connectivity index (χ4v) is 3.83. The molecule has 1 aromatic carbocycles. The number of aromatic amines is 1. The second kappa shape index (κ2) is 6.68. The average Bonchev–Trinajstić information content (AvgIpc) is 3.39. The zero-order valence-electron chi connectivity index (χ0n) is 15.3. The first kappa shape index (κ1) is 17.3. The van der Waals surface area contributed by atoms with Gasteiger partial charge in [-0.05, 0) is 24.6 Å². The van der Waals surface area contributed by atoms with Gasteiger partial charge < -0.3 is 9.67 Å². The number of benzene rings is 1. The lowest BCUT2D eigenvalue weighted by Crippen LogP contribution is -2.22. The molecule has 0 unspecified atom stereocenters. The van der Waals surface area contributed by atoms with Gasteiger partial charge in [-0.1, -0.05) is 18.2 Å². The molecule has 4 heterocycles. The van der Waals surface area contributed by atoms with Crippen molar-refractivity contribution in [3.8, 4) is 0 Å². The highest BCUT2D eigenvalue weighted by Gasteiger charge is 2.36. The van der Waals surface area contributed by atoms with Gasteiger partial charge in [0.2, 0.25) is 0 Å². The van der Waals surface area contributed by atoms with Gasteiger partial charge in [-0.2, -0.15) is 5.10 Å². The number of imide groups is 1. The van der Waals surface area contributed by atoms with Crippen LogP contribution in [0.4, 0.5) is 0 Å². The average molecular weight is 387 g/mol. The number of carbonyl (C=O) groups is 2. The lowest BCUT2D eigenvalue weighted by Gasteiger charge is -2.02. The van der Waals surface area contributed by atoms with E-state index in [2.05, 4.69) is 20.5 Å². The number of hydrogen-bond donors (Lipinski definition) is 3. The number of amides is 2. The van der Waals surface area contributed by atoms with Gasteiger partial charge in [0.1, 0.15) is 11.3 Å². The number of rotatable bonds is 5. The molecule has 8 nitrogen and oxygen atoms in total. The van der Waals surface area contributed by atoms with Gasteiger partial charge in [-0.15, -0.1) is 0 Å². The van der Waals surface area contributed by atoms with Crippen molar-refractivity contribution in [3.05, 3.63) is 60.0 Å². The number of pyridine rings is 1. The number of aliphatic hydroxyl groups excluding tert-OH is 1. The van der Waals surface area contributed by atoms with Crippen LogP contribution in [0, 0.1) is 0 Å². The summed E-state index contributed by atoms with van der Waals surface area (Å²) in [5, 5.41) is 20.4. The molecule has 0 aliphatic carbocycles. The predicted molar refractivity (Wildman–Crippen MR) is 107 cm³/mol. The maximum Gasteiger partial charge on any atom is 0.261 e. The topological polar surface area (TPSA) is 113 Å². The Kier molecular flexibility index (Phi) is 3.99. The van der Waals surface area contributed by atoms with Crippen molar-refractivity contribution in [2.75, 3.05) is 6.61 Å². The van der Waals surface area contributed by atoms with E-state index in [-0.39, 0.29) is 17.8 Å². The molecule has 5 rings (SSSR count). The van der Waals surface area contributed by atoms with Crippen LogP contribution in [0.3, 0.4) is 0 Å². The molecule has 2 amide bonds. The van der Waals surface area contributed by atoms with Crippen LogP contribution in [0.25, 0.3) is 33.1 Å². The number of aryl methyl sites for hydroxylation is 1. The molecule has 3 aromatic heterocycles. The van der Waals surface area contributed by atoms with Crippen LogP contribution >= 0.6 is 0 Å². The summed E-state index contributed by atoms with van der Waals surface area (Å²) in [6.07, 6.45) is 4.05. The molecule has 0 bridgehead atoms. The number of hydrogen-bond acceptors (Lipinski definition) is 5. The third-order valence-electron chi connectivity index (χ3n) is 5.10. The molecule has 0 spiro atoms. The monoisotopic (exact) mass is 387 g/mol. The molecule has 1 aliphatic heterocycles. The molecule has 8 heteroatoms. The lowest BCUT2D eigenvalue weighted by molar-refractivity contribution is -0.122. The summed E-state index contributed by atoms with van der Waals surface area (Å²) < 4.78 is 1.89. The van der Waals surface area contributed by atoms with Crippen molar-refractivity contribution in [2.24, 2.45) is 0 Å². The summed E-state index contributed by atoms with van der Waals surface area (Å²) in [6, 6.07) is 11.1. The molecule has 1 aliphatic rings. The number of aliphatic hydroxyl groups is 1. The third-order valence-corrected chi connectivity index (χ3v) is 5.10. The van der Waals surface area contributed by atoms with Crippen molar-refractivity contribution >= 4 is 44.9 Å². The van der Waals surface area contributed by atoms with Crippen molar-refractivity contribution in [1.29, 1.82) is 0 Å². The first-order valence-electron chi connectivity index (χ1n) is 9.27. The van der Waals surface area contributed by atoms with Gasteiger partial charge in [-0.3, -0.25) is 20.0 Å². The van der Waals surface area contributed by atoms with E-state index in [4.69, 9.17) is 0 Å². The molecule has 3 N–H and O–H groups in total. The van der Waals surface area contributed by atoms with Crippen molar-refractivity contribution < 1.29 is 14.7 Å². The number of H-pyrrole nitrogens is 1. The minimum Gasteiger partial charge on any atom is -0.396 e. The second-order valence-electron chi connectivity index (χ2n) is 6.84. The van der Waals surface area contributed by atoms with Crippen molar-refractivity contribution in [1.82, 2.24) is 25.1 Å². The summed E-state index contributed by atoms with van der Waals surface area (Å²) in [5.41, 5.74) is 3.08. The van der Waals surface area contributed by atoms with Crippen LogP contribution in [-0.4, -0.2) is 43.3 Å². The smallest absolute Gasteiger partial charge is 0.261 e. The van der Waals surface area contributed by atoms with Gasteiger partial charge in [0.15, 0.2) is 0 Å². The molecule has 0 fully saturated rings. The second-order valence-corrected chi connectivity index (χ2v) is 6.84. The Morgan fingerprint density at radius 1 is 1.00 bits per heavy atom. The van der Waals surface area contributed by atoms with Crippen LogP contribution in [0.5, 0.6) is 0 Å². The predicted octanol–water partition coefficient (Wildman–Crippen LogP) is 1.86. The molecular weight excluding hydrogens is 370 g/mol. The number of fused-ring (bicyclic) bond motifs is 2. The Labute approximate surface area is 164 Å². The molecular formula is C21H17N5O3. The molecule has 0 atom stereocenters. The molecule has 0 saturated carbocycles. The van der Waals surface area contributed by atoms with Crippen molar-refractivity contribution in [2.45, 2.75) is 13.0 Å². The SMILES string of the molecule is O=C1NC(=O)C(c2cn(CCCO)c3ncccc23)=C1c1n[nH]c2ccccc12. The Morgan fingerprint density at radius 3 is 2.66 bits per heavy atom. The first-order valence-corrected chi connectivity index (χ1v) is 9.27. The largest absolute Gasteiger partial charge is 0.396 e. The Hall–Kier alpha value is -3.78. The van der Waals surface area contributed by atoms with Gasteiger partial charge in [0.05, 0.1) is 16.7 Å². The zero-order chi connectivity index (χ0) is 20.0. The quantitative estimate of drug-likeness (QED) is 0.453. The Balaban J connectivity index is 1.79. The maximum absolute atomic E-state index is 12.8. The molecule has 0 saturated heterocycles. The summed E-state index contributed by atoms with van der Waals surface area (Å²) >= 11 is 0. The van der Waals surface area contributed by atoms with E-state index in [0.717, 1.165) is 16.3 Å². The van der Waals surface area contributed by atoms with Crippen LogP contribution in [0.2, 0.25) is 0 Å². The maximum atomic E-state index is 12.8. The highest BCUT2D eigenvalue weighted by molar-refractivity contribution is 6.50. The number of nitrogens with zero attached hydrogens (tertiary/aromatic N) is 3. The highest BCUT2D eigenvalue weighted by atomic mass is 16.3. The summed E-state index contributed by atoms with van der Waals surface area (Å²) in [5.74, 6) is -0.926. The van der Waals surface area contributed by atoms with Gasteiger partial charge in [-0.25, -0.2) is 4.98 Å². The van der Waals surface area contributed by atoms with Crippen LogP contribution in [0.15, 0.2) is 48.8 Å². The minimum atomic E-state index is -0.470. The lowest BCUT2D eigenvalue weighted by atomic mass is 9.98. The van der Waals surface area contributed by atoms with Gasteiger partial charge in [0.25, 0.3) is 11.8 Å². The molecule has 144 valence electrons. The van der Waals surface area contributed by atoms with Gasteiger partial charge >= 0.3 is 0 Å². The highest BCUT2D eigenvalue weighted by Crippen LogP contribution is 2.36. The van der Waals surface area contributed by atoms with E-state index in [1.165, 1.54) is 0 Å². The summed E-state index contributed by atoms with van der Waals surface area (Å²) in [6.45, 7) is 0.599. The van der Waals surface area contributed by atoms with Gasteiger partial charge in [0, 0.05) is 41.9 Å². The Bertz CT molecular complexity index is 1310. The third kappa shape index (κ3) is 2.65. The number of para-hydroxylation sites is 1. The Morgan fingerprint density at radius 2 is 1.79 bits per heavy atom. The molecule has 29 heavy (non-hydrogen) atoms. The van der Waals surface area contributed by atoms with Crippen molar-refractivity contribution in [3.63, 3.8) is 0 Å². The number of aromatic nitrogens is 4. The number of nitrogens with one attached hydrogen (secondary N) is 2. The molecule has 0 radical (unpaired) electrons. The fourth-order valence-electron chi connectivity index (χ4n) is 3.83. The van der Waals surface area contributed by atoms with E-state index >= 15 is 0 Å². The van der Waals surface area contributed by atoms with E-state index in [0.29, 0.717) is 29.9 Å². The van der Waals surface area contributed by atoms with E-state index in [1.807, 2.05) is 41.1 Å². The molecule has 4 aromatic rings. The normalized spacial score (nSPS) is 14.4. The fraction of sp³-hybridized carbons (Fsp3) is 0.143. The summed E-state index contributed by atoms with van der Waals surface area (Å²) in [7, 11) is 0. The summed E-state index contributed by atoms with van der Waals surface area (Å²) in [4.78, 5) is 30.0. The number of carbonyl (C=O) groups excluding carboxylic acids is 2. The first-order chi connectivity index (χ1) is 14.2. The minimum absolute atomic E-state index is 0.0496. The van der Waals surface area contributed by atoms with E-state index < -0.39 is 11.8 Å². The van der Waals surface area contributed by atoms with Crippen LogP contribution < -0.4 is 5.32 Å². The standard InChI is InChI=1S/C21H17N5O3/c27-10-4-9-26-11-14(12-6-3-8-22-19(12)26)16-17(21(29)23-20(16)28)18-13-5-1-2-7-15(13)24-25-18/h1-3,5-8,11,27H,4,9-10H2,(H,24,25)(H,23,28,29). The van der Waals surface area contributed by atoms with Crippen LogP contribution in [0.1, 0.15) is 17.7 Å². The zero-order valence-corrected chi connectivity index (χ0v) is 15.3. The van der Waals surface area contributed by atoms with E-state index in [1.54, 1.807) is 12.3 Å². The van der Waals surface area contributed by atoms with Crippen LogP contribution in [-0.2, 0) is 16.1 Å².